The fourth-order valence-corrected chi connectivity index (χ4v) is 4.62. The Morgan fingerprint density at radius 3 is 2.83 bits per heavy atom. The summed E-state index contributed by atoms with van der Waals surface area (Å²) >= 11 is 0. The van der Waals surface area contributed by atoms with Crippen LogP contribution >= 0.6 is 0 Å². The summed E-state index contributed by atoms with van der Waals surface area (Å²) in [6.45, 7) is 2.26. The second-order valence-corrected chi connectivity index (χ2v) is 7.43. The van der Waals surface area contributed by atoms with Crippen molar-refractivity contribution in [1.82, 2.24) is 4.90 Å². The van der Waals surface area contributed by atoms with E-state index in [1.165, 1.54) is 40.8 Å². The van der Waals surface area contributed by atoms with E-state index in [-0.39, 0.29) is 0 Å². The van der Waals surface area contributed by atoms with Crippen LogP contribution in [0.25, 0.3) is 5.57 Å². The molecule has 3 aliphatic rings. The smallest absolute Gasteiger partial charge is 0.0578 e. The van der Waals surface area contributed by atoms with E-state index < -0.39 is 0 Å². The number of hydrogen-bond acceptors (Lipinski definition) is 2. The van der Waals surface area contributed by atoms with Gasteiger partial charge in [0.05, 0.1) is 6.10 Å². The monoisotopic (exact) mass is 321 g/mol. The van der Waals surface area contributed by atoms with Crippen molar-refractivity contribution in [2.75, 3.05) is 14.2 Å². The van der Waals surface area contributed by atoms with Crippen molar-refractivity contribution >= 4 is 5.57 Å². The van der Waals surface area contributed by atoms with Crippen LogP contribution in [0.2, 0.25) is 0 Å². The number of fused-ring (bicyclic) bond motifs is 2. The van der Waals surface area contributed by atoms with Crippen molar-refractivity contribution in [2.24, 2.45) is 5.92 Å². The Kier molecular flexibility index (Phi) is 4.09. The normalized spacial score (nSPS) is 30.7. The predicted octanol–water partition coefficient (Wildman–Crippen LogP) is 4.59. The minimum atomic E-state index is 0.434. The highest BCUT2D eigenvalue weighted by Crippen LogP contribution is 2.38. The van der Waals surface area contributed by atoms with Gasteiger partial charge in [0.25, 0.3) is 0 Å². The lowest BCUT2D eigenvalue weighted by atomic mass is 9.79. The van der Waals surface area contributed by atoms with Gasteiger partial charge in [0.15, 0.2) is 0 Å². The van der Waals surface area contributed by atoms with Gasteiger partial charge in [-0.2, -0.15) is 0 Å². The maximum absolute atomic E-state index is 5.59. The Hall–Kier alpha value is -1.80. The molecule has 0 radical (unpaired) electrons. The van der Waals surface area contributed by atoms with Crippen LogP contribution in [0.15, 0.2) is 53.8 Å². The highest BCUT2D eigenvalue weighted by atomic mass is 16.5. The molecule has 3 unspecified atom stereocenters. The van der Waals surface area contributed by atoms with E-state index in [9.17, 15) is 0 Å². The molecule has 0 spiro atoms. The predicted molar refractivity (Wildman–Crippen MR) is 99.7 cm³/mol. The fraction of sp³-hybridized carbons (Fsp3) is 0.455. The van der Waals surface area contributed by atoms with Crippen LogP contribution in [0.4, 0.5) is 0 Å². The van der Waals surface area contributed by atoms with E-state index in [2.05, 4.69) is 61.4 Å². The molecule has 0 amide bonds. The van der Waals surface area contributed by atoms with Gasteiger partial charge < -0.3 is 9.64 Å². The summed E-state index contributed by atoms with van der Waals surface area (Å²) in [5.41, 5.74) is 7.14. The Bertz CT molecular complexity index is 727. The van der Waals surface area contributed by atoms with E-state index >= 15 is 0 Å². The zero-order chi connectivity index (χ0) is 16.7. The van der Waals surface area contributed by atoms with E-state index in [0.717, 1.165) is 12.8 Å². The lowest BCUT2D eigenvalue weighted by Crippen LogP contribution is -2.44. The zero-order valence-electron chi connectivity index (χ0n) is 15.0. The number of benzene rings is 1. The molecule has 1 saturated carbocycles. The van der Waals surface area contributed by atoms with Crippen molar-refractivity contribution in [1.29, 1.82) is 0 Å². The fourth-order valence-electron chi connectivity index (χ4n) is 4.62. The molecule has 0 saturated heterocycles. The number of methoxy groups -OCH3 is 1. The quantitative estimate of drug-likeness (QED) is 0.790. The second-order valence-electron chi connectivity index (χ2n) is 7.43. The first kappa shape index (κ1) is 15.7. The highest BCUT2D eigenvalue weighted by Gasteiger charge is 2.34. The maximum Gasteiger partial charge on any atom is 0.0578 e. The van der Waals surface area contributed by atoms with Gasteiger partial charge in [-0.1, -0.05) is 30.3 Å². The van der Waals surface area contributed by atoms with Crippen LogP contribution in [-0.2, 0) is 11.2 Å². The van der Waals surface area contributed by atoms with Gasteiger partial charge in [0.1, 0.15) is 0 Å². The molecule has 1 fully saturated rings. The number of ether oxygens (including phenoxy) is 1. The largest absolute Gasteiger partial charge is 0.381 e. The first-order chi connectivity index (χ1) is 11.7. The lowest BCUT2D eigenvalue weighted by Gasteiger charge is -2.43. The van der Waals surface area contributed by atoms with Gasteiger partial charge in [0, 0.05) is 25.9 Å². The van der Waals surface area contributed by atoms with Crippen LogP contribution in [0, 0.1) is 5.92 Å². The summed E-state index contributed by atoms with van der Waals surface area (Å²) in [7, 11) is 4.11. The molecular formula is C22H27NO. The number of nitrogens with zero attached hydrogens (tertiary/aromatic N) is 1. The van der Waals surface area contributed by atoms with Crippen molar-refractivity contribution in [2.45, 2.75) is 44.8 Å². The molecule has 2 heteroatoms. The first-order valence-electron chi connectivity index (χ1n) is 9.11. The third kappa shape index (κ3) is 2.63. The van der Waals surface area contributed by atoms with Gasteiger partial charge in [-0.05, 0) is 73.0 Å². The van der Waals surface area contributed by atoms with Gasteiger partial charge >= 0.3 is 0 Å². The molecule has 24 heavy (non-hydrogen) atoms. The molecule has 0 N–H and O–H groups in total. The number of hydrogen-bond donors (Lipinski definition) is 0. The van der Waals surface area contributed by atoms with Gasteiger partial charge in [-0.3, -0.25) is 0 Å². The molecule has 0 aromatic heterocycles. The van der Waals surface area contributed by atoms with Crippen molar-refractivity contribution < 1.29 is 4.74 Å². The summed E-state index contributed by atoms with van der Waals surface area (Å²) in [6, 6.07) is 9.42. The van der Waals surface area contributed by atoms with Crippen LogP contribution in [0.3, 0.4) is 0 Å². The lowest BCUT2D eigenvalue weighted by molar-refractivity contribution is 0.0296. The summed E-state index contributed by atoms with van der Waals surface area (Å²) < 4.78 is 5.59. The highest BCUT2D eigenvalue weighted by molar-refractivity contribution is 5.77. The molecule has 1 aromatic rings. The van der Waals surface area contributed by atoms with E-state index in [1.54, 1.807) is 0 Å². The molecule has 2 aliphatic carbocycles. The van der Waals surface area contributed by atoms with Crippen molar-refractivity contribution in [3.63, 3.8) is 0 Å². The van der Waals surface area contributed by atoms with Crippen LogP contribution in [-0.4, -0.2) is 31.2 Å². The topological polar surface area (TPSA) is 12.5 Å². The van der Waals surface area contributed by atoms with Gasteiger partial charge in [0.2, 0.25) is 0 Å². The second kappa shape index (κ2) is 6.25. The van der Waals surface area contributed by atoms with Crippen LogP contribution in [0.5, 0.6) is 0 Å². The van der Waals surface area contributed by atoms with E-state index in [4.69, 9.17) is 4.74 Å². The molecule has 1 aliphatic heterocycles. The molecule has 4 rings (SSSR count). The number of rotatable bonds is 2. The third-order valence-corrected chi connectivity index (χ3v) is 6.17. The van der Waals surface area contributed by atoms with Gasteiger partial charge in [-0.25, -0.2) is 0 Å². The first-order valence-corrected chi connectivity index (χ1v) is 9.11. The summed E-state index contributed by atoms with van der Waals surface area (Å²) in [5, 5.41) is 0. The summed E-state index contributed by atoms with van der Waals surface area (Å²) in [5.74, 6) is 0.627. The van der Waals surface area contributed by atoms with E-state index in [1.807, 2.05) is 7.11 Å². The minimum Gasteiger partial charge on any atom is -0.381 e. The van der Waals surface area contributed by atoms with Crippen LogP contribution < -0.4 is 0 Å². The standard InChI is InChI=1S/C22H27NO/c1-15-18(12-16-6-4-5-7-21(15)16)13-19-9-8-17-14-20(24-3)10-11-22(17)23(19)2/h4-9,13,17,20,22H,10-12,14H2,1-3H3/b19-13+. The average Bonchev–Trinajstić information content (AvgIpc) is 2.93. The Balaban J connectivity index is 1.60. The molecule has 3 atom stereocenters. The van der Waals surface area contributed by atoms with Crippen molar-refractivity contribution in [3.05, 3.63) is 64.9 Å². The Morgan fingerprint density at radius 2 is 2.04 bits per heavy atom. The molecule has 126 valence electrons. The third-order valence-electron chi connectivity index (χ3n) is 6.17. The zero-order valence-corrected chi connectivity index (χ0v) is 15.0. The number of allylic oxidation sites excluding steroid dienone is 4. The van der Waals surface area contributed by atoms with E-state index in [0.29, 0.717) is 18.1 Å². The minimum absolute atomic E-state index is 0.434. The SMILES string of the molecule is COC1CCC2C(C=C/C(=C\C3=C(C)c4ccccc4C3)N2C)C1. The van der Waals surface area contributed by atoms with Crippen LogP contribution in [0.1, 0.15) is 37.3 Å². The number of likely N-dealkylation sites (N-methyl/N-ethyl adjacent to an activating group) is 1. The summed E-state index contributed by atoms with van der Waals surface area (Å²) in [4.78, 5) is 2.50. The maximum atomic E-state index is 5.59. The molecule has 0 bridgehead atoms. The molecular weight excluding hydrogens is 294 g/mol. The Labute approximate surface area is 145 Å². The molecule has 2 nitrogen and oxygen atoms in total. The van der Waals surface area contributed by atoms with Crippen molar-refractivity contribution in [3.8, 4) is 0 Å². The average molecular weight is 321 g/mol. The summed E-state index contributed by atoms with van der Waals surface area (Å²) in [6.07, 6.45) is 12.2. The Morgan fingerprint density at radius 1 is 1.21 bits per heavy atom. The van der Waals surface area contributed by atoms with Gasteiger partial charge in [-0.15, -0.1) is 0 Å². The molecule has 1 aromatic carbocycles. The molecule has 1 heterocycles.